The first kappa shape index (κ1) is 17.4. The molecule has 3 aliphatic rings. The van der Waals surface area contributed by atoms with Gasteiger partial charge in [0, 0.05) is 19.4 Å². The molecule has 0 unspecified atom stereocenters. The first-order chi connectivity index (χ1) is 13.0. The third-order valence-electron chi connectivity index (χ3n) is 5.34. The molecular weight excluding hydrogens is 350 g/mol. The standard InChI is InChI=1S/C19H19N3O5/c23-15-8-9-16(24)21(15)11-17(25)22-13-6-2-1-5-12(13)18(26)20-10-4-3-7-14(20)19(22)27/h1-2,5-6,14H,3-4,7-11H2/t14-/m1/s1. The summed E-state index contributed by atoms with van der Waals surface area (Å²) in [5, 5.41) is 0. The number of fused-ring (bicyclic) bond motifs is 2. The molecule has 0 bridgehead atoms. The van der Waals surface area contributed by atoms with E-state index in [1.807, 2.05) is 0 Å². The van der Waals surface area contributed by atoms with Crippen LogP contribution >= 0.6 is 0 Å². The lowest BCUT2D eigenvalue weighted by molar-refractivity contribution is -0.143. The molecule has 0 saturated carbocycles. The van der Waals surface area contributed by atoms with Gasteiger partial charge >= 0.3 is 0 Å². The molecule has 0 aromatic heterocycles. The van der Waals surface area contributed by atoms with Gasteiger partial charge in [-0.15, -0.1) is 0 Å². The molecule has 27 heavy (non-hydrogen) atoms. The fraction of sp³-hybridized carbons (Fsp3) is 0.421. The molecule has 3 aliphatic heterocycles. The van der Waals surface area contributed by atoms with Crippen LogP contribution in [0.4, 0.5) is 5.69 Å². The highest BCUT2D eigenvalue weighted by Gasteiger charge is 2.43. The SMILES string of the molecule is O=C1CCC(=O)N1CC(=O)N1C(=O)[C@H]2CCCCN2C(=O)c2ccccc21. The van der Waals surface area contributed by atoms with Crippen molar-refractivity contribution in [2.75, 3.05) is 18.0 Å². The normalized spacial score (nSPS) is 22.7. The maximum Gasteiger partial charge on any atom is 0.256 e. The topological polar surface area (TPSA) is 95.1 Å². The second kappa shape index (κ2) is 6.61. The van der Waals surface area contributed by atoms with Gasteiger partial charge in [-0.2, -0.15) is 0 Å². The smallest absolute Gasteiger partial charge is 0.256 e. The van der Waals surface area contributed by atoms with Crippen molar-refractivity contribution in [3.63, 3.8) is 0 Å². The van der Waals surface area contributed by atoms with Crippen LogP contribution in [-0.2, 0) is 19.2 Å². The molecule has 4 rings (SSSR count). The molecule has 2 fully saturated rings. The summed E-state index contributed by atoms with van der Waals surface area (Å²) in [7, 11) is 0. The Morgan fingerprint density at radius 2 is 1.70 bits per heavy atom. The molecule has 0 aliphatic carbocycles. The molecule has 1 atom stereocenters. The van der Waals surface area contributed by atoms with Gasteiger partial charge in [0.2, 0.25) is 11.8 Å². The van der Waals surface area contributed by atoms with Crippen molar-refractivity contribution in [2.24, 2.45) is 0 Å². The number of hydrogen-bond donors (Lipinski definition) is 0. The van der Waals surface area contributed by atoms with E-state index in [0.717, 1.165) is 22.6 Å². The summed E-state index contributed by atoms with van der Waals surface area (Å²) in [6.07, 6.45) is 2.24. The third-order valence-corrected chi connectivity index (χ3v) is 5.34. The van der Waals surface area contributed by atoms with Crippen LogP contribution in [0.2, 0.25) is 0 Å². The van der Waals surface area contributed by atoms with Crippen molar-refractivity contribution in [2.45, 2.75) is 38.1 Å². The van der Waals surface area contributed by atoms with Gasteiger partial charge in [-0.05, 0) is 31.4 Å². The quantitative estimate of drug-likeness (QED) is 0.716. The summed E-state index contributed by atoms with van der Waals surface area (Å²) < 4.78 is 0. The second-order valence-corrected chi connectivity index (χ2v) is 6.97. The number of amides is 5. The zero-order valence-corrected chi connectivity index (χ0v) is 14.7. The Morgan fingerprint density at radius 1 is 1.00 bits per heavy atom. The van der Waals surface area contributed by atoms with Gasteiger partial charge in [0.15, 0.2) is 0 Å². The maximum absolute atomic E-state index is 13.2. The van der Waals surface area contributed by atoms with Crippen LogP contribution in [0.5, 0.6) is 0 Å². The number of piperidine rings is 1. The average molecular weight is 369 g/mol. The lowest BCUT2D eigenvalue weighted by Gasteiger charge is -2.34. The Labute approximate surface area is 155 Å². The Hall–Kier alpha value is -3.03. The number of likely N-dealkylation sites (tertiary alicyclic amines) is 1. The number of imide groups is 2. The minimum absolute atomic E-state index is 0.0749. The van der Waals surface area contributed by atoms with Crippen LogP contribution in [-0.4, -0.2) is 58.5 Å². The molecule has 8 nitrogen and oxygen atoms in total. The van der Waals surface area contributed by atoms with E-state index < -0.39 is 36.2 Å². The van der Waals surface area contributed by atoms with E-state index in [-0.39, 0.29) is 30.0 Å². The van der Waals surface area contributed by atoms with Crippen LogP contribution < -0.4 is 4.90 Å². The largest absolute Gasteiger partial charge is 0.327 e. The van der Waals surface area contributed by atoms with Crippen molar-refractivity contribution in [3.05, 3.63) is 29.8 Å². The average Bonchev–Trinajstić information content (AvgIpc) is 2.95. The van der Waals surface area contributed by atoms with Crippen LogP contribution in [0.1, 0.15) is 42.5 Å². The molecule has 140 valence electrons. The first-order valence-corrected chi connectivity index (χ1v) is 9.09. The van der Waals surface area contributed by atoms with E-state index in [2.05, 4.69) is 0 Å². The molecule has 1 aromatic rings. The number of para-hydroxylation sites is 1. The summed E-state index contributed by atoms with van der Waals surface area (Å²) in [5.41, 5.74) is 0.494. The summed E-state index contributed by atoms with van der Waals surface area (Å²) in [6, 6.07) is 5.77. The van der Waals surface area contributed by atoms with E-state index in [1.54, 1.807) is 24.3 Å². The van der Waals surface area contributed by atoms with Crippen molar-refractivity contribution >= 4 is 35.2 Å². The molecule has 0 N–H and O–H groups in total. The third kappa shape index (κ3) is 2.81. The van der Waals surface area contributed by atoms with Gasteiger partial charge in [0.25, 0.3) is 17.7 Å². The number of rotatable bonds is 2. The highest BCUT2D eigenvalue weighted by Crippen LogP contribution is 2.32. The summed E-state index contributed by atoms with van der Waals surface area (Å²) >= 11 is 0. The van der Waals surface area contributed by atoms with E-state index in [1.165, 1.54) is 4.90 Å². The van der Waals surface area contributed by atoms with Crippen LogP contribution in [0.15, 0.2) is 24.3 Å². The lowest BCUT2D eigenvalue weighted by Crippen LogP contribution is -2.53. The van der Waals surface area contributed by atoms with Gasteiger partial charge in [0.05, 0.1) is 11.3 Å². The van der Waals surface area contributed by atoms with Crippen LogP contribution in [0.25, 0.3) is 0 Å². The van der Waals surface area contributed by atoms with E-state index in [4.69, 9.17) is 0 Å². The number of hydrogen-bond acceptors (Lipinski definition) is 5. The fourth-order valence-corrected chi connectivity index (χ4v) is 3.97. The van der Waals surface area contributed by atoms with E-state index >= 15 is 0 Å². The minimum atomic E-state index is -0.701. The highest BCUT2D eigenvalue weighted by atomic mass is 16.2. The molecule has 1 aromatic carbocycles. The van der Waals surface area contributed by atoms with Gasteiger partial charge in [-0.25, -0.2) is 4.90 Å². The second-order valence-electron chi connectivity index (χ2n) is 6.97. The minimum Gasteiger partial charge on any atom is -0.327 e. The number of nitrogens with zero attached hydrogens (tertiary/aromatic N) is 3. The lowest BCUT2D eigenvalue weighted by atomic mass is 10.0. The predicted octanol–water partition coefficient (Wildman–Crippen LogP) is 0.704. The van der Waals surface area contributed by atoms with Crippen molar-refractivity contribution < 1.29 is 24.0 Å². The summed E-state index contributed by atoms with van der Waals surface area (Å²) in [4.78, 5) is 66.3. The fourth-order valence-electron chi connectivity index (χ4n) is 3.97. The number of carbonyl (C=O) groups is 5. The Morgan fingerprint density at radius 3 is 2.44 bits per heavy atom. The molecule has 0 radical (unpaired) electrons. The highest BCUT2D eigenvalue weighted by molar-refractivity contribution is 6.23. The zero-order chi connectivity index (χ0) is 19.1. The molecule has 0 spiro atoms. The molecule has 5 amide bonds. The Balaban J connectivity index is 1.73. The Bertz CT molecular complexity index is 849. The van der Waals surface area contributed by atoms with Crippen molar-refractivity contribution in [3.8, 4) is 0 Å². The van der Waals surface area contributed by atoms with E-state index in [0.29, 0.717) is 13.0 Å². The van der Waals surface area contributed by atoms with Crippen molar-refractivity contribution in [1.29, 1.82) is 0 Å². The summed E-state index contributed by atoms with van der Waals surface area (Å²) in [5.74, 6) is -2.25. The van der Waals surface area contributed by atoms with Gasteiger partial charge < -0.3 is 4.90 Å². The van der Waals surface area contributed by atoms with Gasteiger partial charge in [-0.3, -0.25) is 28.9 Å². The van der Waals surface area contributed by atoms with Crippen LogP contribution in [0, 0.1) is 0 Å². The monoisotopic (exact) mass is 369 g/mol. The zero-order valence-electron chi connectivity index (χ0n) is 14.7. The maximum atomic E-state index is 13.2. The Kier molecular flexibility index (Phi) is 4.25. The number of benzene rings is 1. The van der Waals surface area contributed by atoms with Crippen LogP contribution in [0.3, 0.4) is 0 Å². The predicted molar refractivity (Wildman–Crippen MR) is 93.6 cm³/mol. The van der Waals surface area contributed by atoms with E-state index in [9.17, 15) is 24.0 Å². The molecule has 3 heterocycles. The van der Waals surface area contributed by atoms with Gasteiger partial charge in [-0.1, -0.05) is 12.1 Å². The molecule has 8 heteroatoms. The molecule has 2 saturated heterocycles. The first-order valence-electron chi connectivity index (χ1n) is 9.09. The van der Waals surface area contributed by atoms with Gasteiger partial charge in [0.1, 0.15) is 12.6 Å². The number of carbonyl (C=O) groups excluding carboxylic acids is 5. The molecular formula is C19H19N3O5. The summed E-state index contributed by atoms with van der Waals surface area (Å²) in [6.45, 7) is -0.0205. The van der Waals surface area contributed by atoms with Crippen molar-refractivity contribution in [1.82, 2.24) is 9.80 Å². The number of anilines is 1.